The van der Waals surface area contributed by atoms with Crippen LogP contribution < -0.4 is 5.48 Å². The summed E-state index contributed by atoms with van der Waals surface area (Å²) in [5.74, 6) is -1.29. The van der Waals surface area contributed by atoms with E-state index in [1.807, 2.05) is 5.48 Å². The molecule has 1 fully saturated rings. The van der Waals surface area contributed by atoms with Gasteiger partial charge in [-0.05, 0) is 18.9 Å². The van der Waals surface area contributed by atoms with Crippen LogP contribution in [0.5, 0.6) is 0 Å². The van der Waals surface area contributed by atoms with E-state index in [1.165, 1.54) is 18.2 Å². The molecule has 94 valence electrons. The van der Waals surface area contributed by atoms with Crippen LogP contribution >= 0.6 is 0 Å². The van der Waals surface area contributed by atoms with Gasteiger partial charge in [-0.2, -0.15) is 5.48 Å². The minimum absolute atomic E-state index is 0.0628. The lowest BCUT2D eigenvalue weighted by molar-refractivity contribution is -0.384. The van der Waals surface area contributed by atoms with E-state index >= 15 is 0 Å². The number of carbonyl (C=O) groups excluding carboxylic acids is 2. The van der Waals surface area contributed by atoms with Crippen LogP contribution in [0.1, 0.15) is 23.2 Å². The monoisotopic (exact) mass is 250 g/mol. The first-order valence-electron chi connectivity index (χ1n) is 5.33. The molecule has 0 bridgehead atoms. The topological polar surface area (TPSA) is 98.5 Å². The first kappa shape index (κ1) is 12.0. The number of non-ortho nitro benzene ring substituents is 1. The minimum Gasteiger partial charge on any atom is -0.340 e. The largest absolute Gasteiger partial charge is 0.340 e. The lowest BCUT2D eigenvalue weighted by Gasteiger charge is -2.04. The quantitative estimate of drug-likeness (QED) is 0.641. The summed E-state index contributed by atoms with van der Waals surface area (Å²) in [6.07, 6.45) is 1.54. The number of carbonyl (C=O) groups is 2. The van der Waals surface area contributed by atoms with Gasteiger partial charge < -0.3 is 4.84 Å². The van der Waals surface area contributed by atoms with Crippen molar-refractivity contribution in [3.05, 3.63) is 39.9 Å². The zero-order chi connectivity index (χ0) is 13.1. The van der Waals surface area contributed by atoms with Crippen LogP contribution in [0.15, 0.2) is 24.3 Å². The summed E-state index contributed by atoms with van der Waals surface area (Å²) in [4.78, 5) is 37.2. The summed E-state index contributed by atoms with van der Waals surface area (Å²) in [6, 6.07) is 5.16. The Labute approximate surface area is 102 Å². The van der Waals surface area contributed by atoms with E-state index in [2.05, 4.69) is 4.84 Å². The van der Waals surface area contributed by atoms with E-state index in [-0.39, 0.29) is 17.2 Å². The van der Waals surface area contributed by atoms with Gasteiger partial charge in [0.15, 0.2) is 0 Å². The van der Waals surface area contributed by atoms with Gasteiger partial charge in [0.1, 0.15) is 0 Å². The third-order valence-corrected chi connectivity index (χ3v) is 2.47. The fraction of sp³-hybridized carbons (Fsp3) is 0.273. The average molecular weight is 250 g/mol. The van der Waals surface area contributed by atoms with Crippen molar-refractivity contribution >= 4 is 17.6 Å². The number of nitrogens with one attached hydrogen (secondary N) is 1. The molecule has 0 unspecified atom stereocenters. The van der Waals surface area contributed by atoms with E-state index in [0.717, 1.165) is 18.9 Å². The third kappa shape index (κ3) is 2.82. The van der Waals surface area contributed by atoms with Gasteiger partial charge in [-0.15, -0.1) is 0 Å². The molecule has 18 heavy (non-hydrogen) atoms. The predicted octanol–water partition coefficient (Wildman–Crippen LogP) is 1.19. The second-order valence-corrected chi connectivity index (χ2v) is 3.93. The van der Waals surface area contributed by atoms with Crippen molar-refractivity contribution in [2.24, 2.45) is 5.92 Å². The van der Waals surface area contributed by atoms with Gasteiger partial charge in [-0.3, -0.25) is 14.9 Å². The molecule has 1 saturated carbocycles. The molecule has 0 aromatic heterocycles. The molecule has 1 aliphatic carbocycles. The molecule has 0 heterocycles. The summed E-state index contributed by atoms with van der Waals surface area (Å²) in [5, 5.41) is 10.5. The maximum absolute atomic E-state index is 11.6. The number of nitro benzene ring substituents is 1. The maximum Gasteiger partial charge on any atom is 0.335 e. The van der Waals surface area contributed by atoms with Crippen LogP contribution in [0.4, 0.5) is 5.69 Å². The molecule has 0 aliphatic heterocycles. The molecule has 1 aliphatic rings. The predicted molar refractivity (Wildman–Crippen MR) is 59.4 cm³/mol. The number of amides is 1. The number of nitro groups is 1. The van der Waals surface area contributed by atoms with Crippen molar-refractivity contribution in [2.75, 3.05) is 0 Å². The van der Waals surface area contributed by atoms with Crippen LogP contribution in [0, 0.1) is 16.0 Å². The van der Waals surface area contributed by atoms with Crippen LogP contribution in [0.2, 0.25) is 0 Å². The van der Waals surface area contributed by atoms with Gasteiger partial charge >= 0.3 is 5.97 Å². The minimum atomic E-state index is -0.687. The Morgan fingerprint density at radius 1 is 1.39 bits per heavy atom. The molecule has 0 spiro atoms. The molecule has 1 aromatic rings. The van der Waals surface area contributed by atoms with Gasteiger partial charge in [-0.1, -0.05) is 6.07 Å². The number of hydroxylamine groups is 1. The van der Waals surface area contributed by atoms with Crippen molar-refractivity contribution in [2.45, 2.75) is 12.8 Å². The molecular formula is C11H10N2O5. The highest BCUT2D eigenvalue weighted by atomic mass is 16.7. The Kier molecular flexibility index (Phi) is 3.22. The normalized spacial score (nSPS) is 13.8. The maximum atomic E-state index is 11.6. The number of hydrogen-bond donors (Lipinski definition) is 1. The second kappa shape index (κ2) is 4.82. The number of rotatable bonds is 3. The van der Waals surface area contributed by atoms with Crippen molar-refractivity contribution in [1.29, 1.82) is 0 Å². The lowest BCUT2D eigenvalue weighted by Crippen LogP contribution is -2.27. The average Bonchev–Trinajstić information content (AvgIpc) is 3.20. The fourth-order valence-electron chi connectivity index (χ4n) is 1.32. The van der Waals surface area contributed by atoms with E-state index in [0.29, 0.717) is 0 Å². The van der Waals surface area contributed by atoms with Crippen LogP contribution in [0.3, 0.4) is 0 Å². The third-order valence-electron chi connectivity index (χ3n) is 2.47. The van der Waals surface area contributed by atoms with Gasteiger partial charge in [-0.25, -0.2) is 4.79 Å². The lowest BCUT2D eigenvalue weighted by atomic mass is 10.2. The Bertz CT molecular complexity index is 510. The Morgan fingerprint density at radius 3 is 2.72 bits per heavy atom. The summed E-state index contributed by atoms with van der Waals surface area (Å²) in [6.45, 7) is 0. The molecule has 0 atom stereocenters. The van der Waals surface area contributed by atoms with E-state index < -0.39 is 16.8 Å². The van der Waals surface area contributed by atoms with E-state index in [4.69, 9.17) is 0 Å². The summed E-state index contributed by atoms with van der Waals surface area (Å²) >= 11 is 0. The summed E-state index contributed by atoms with van der Waals surface area (Å²) in [7, 11) is 0. The van der Waals surface area contributed by atoms with Crippen molar-refractivity contribution in [1.82, 2.24) is 5.48 Å². The molecule has 1 N–H and O–H groups in total. The second-order valence-electron chi connectivity index (χ2n) is 3.93. The molecule has 7 heteroatoms. The van der Waals surface area contributed by atoms with Crippen LogP contribution in [-0.4, -0.2) is 16.8 Å². The zero-order valence-corrected chi connectivity index (χ0v) is 9.29. The summed E-state index contributed by atoms with van der Waals surface area (Å²) < 4.78 is 0. The zero-order valence-electron chi connectivity index (χ0n) is 9.29. The first-order valence-corrected chi connectivity index (χ1v) is 5.33. The smallest absolute Gasteiger partial charge is 0.335 e. The van der Waals surface area contributed by atoms with Crippen LogP contribution in [-0.2, 0) is 9.63 Å². The Hall–Kier alpha value is -2.44. The van der Waals surface area contributed by atoms with Crippen LogP contribution in [0.25, 0.3) is 0 Å². The van der Waals surface area contributed by atoms with Gasteiger partial charge in [0.25, 0.3) is 11.6 Å². The molecule has 1 aromatic carbocycles. The first-order chi connectivity index (χ1) is 8.58. The molecule has 0 saturated heterocycles. The number of hydrogen-bond acceptors (Lipinski definition) is 5. The van der Waals surface area contributed by atoms with E-state index in [9.17, 15) is 19.7 Å². The molecule has 7 nitrogen and oxygen atoms in total. The van der Waals surface area contributed by atoms with Gasteiger partial charge in [0, 0.05) is 17.7 Å². The summed E-state index contributed by atoms with van der Waals surface area (Å²) in [5.41, 5.74) is 1.84. The van der Waals surface area contributed by atoms with Crippen molar-refractivity contribution < 1.29 is 19.3 Å². The Balaban J connectivity index is 1.97. The highest BCUT2D eigenvalue weighted by Crippen LogP contribution is 2.29. The molecule has 1 amide bonds. The molecule has 2 rings (SSSR count). The number of nitrogens with zero attached hydrogens (tertiary/aromatic N) is 1. The number of benzene rings is 1. The van der Waals surface area contributed by atoms with Crippen molar-refractivity contribution in [3.8, 4) is 0 Å². The SMILES string of the molecule is O=C(NOC(=O)C1CC1)c1cccc([N+](=O)[O-])c1. The fourth-order valence-corrected chi connectivity index (χ4v) is 1.32. The molecule has 0 radical (unpaired) electrons. The standard InChI is InChI=1S/C11H10N2O5/c14-10(12-18-11(15)7-4-5-7)8-2-1-3-9(6-8)13(16)17/h1-3,6-7H,4-5H2,(H,12,14). The van der Waals surface area contributed by atoms with Crippen molar-refractivity contribution in [3.63, 3.8) is 0 Å². The van der Waals surface area contributed by atoms with Gasteiger partial charge in [0.05, 0.1) is 10.8 Å². The Morgan fingerprint density at radius 2 is 2.11 bits per heavy atom. The highest BCUT2D eigenvalue weighted by molar-refractivity contribution is 5.94. The highest BCUT2D eigenvalue weighted by Gasteiger charge is 2.32. The van der Waals surface area contributed by atoms with E-state index in [1.54, 1.807) is 0 Å². The van der Waals surface area contributed by atoms with Gasteiger partial charge in [0.2, 0.25) is 0 Å². The molecular weight excluding hydrogens is 240 g/mol.